The van der Waals surface area contributed by atoms with Crippen molar-refractivity contribution >= 4 is 5.91 Å². The number of amides is 1. The third-order valence-corrected chi connectivity index (χ3v) is 3.08. The van der Waals surface area contributed by atoms with Gasteiger partial charge in [0.15, 0.2) is 0 Å². The Morgan fingerprint density at radius 3 is 2.86 bits per heavy atom. The largest absolute Gasteiger partial charge is 0.332 e. The molecule has 0 N–H and O–H groups in total. The van der Waals surface area contributed by atoms with Crippen LogP contribution in [0.1, 0.15) is 33.1 Å². The molecule has 1 rings (SSSR count). The zero-order valence-electron chi connectivity index (χ0n) is 9.12. The molecule has 1 aliphatic heterocycles. The van der Waals surface area contributed by atoms with Crippen LogP contribution >= 0.6 is 0 Å². The molecule has 0 aliphatic carbocycles. The van der Waals surface area contributed by atoms with E-state index < -0.39 is 0 Å². The Hall–Kier alpha value is -0.970. The number of nitrogens with zero attached hydrogens (tertiary/aromatic N) is 1. The molecule has 1 aliphatic rings. The van der Waals surface area contributed by atoms with Crippen molar-refractivity contribution in [1.29, 1.82) is 0 Å². The summed E-state index contributed by atoms with van der Waals surface area (Å²) < 4.78 is 0. The molecule has 0 saturated carbocycles. The van der Waals surface area contributed by atoms with Gasteiger partial charge in [-0.15, -0.1) is 6.42 Å². The highest BCUT2D eigenvalue weighted by molar-refractivity contribution is 5.76. The van der Waals surface area contributed by atoms with Gasteiger partial charge in [0.05, 0.1) is 6.54 Å². The van der Waals surface area contributed by atoms with Crippen molar-refractivity contribution in [3.63, 3.8) is 0 Å². The molecular formula is C12H19NO. The van der Waals surface area contributed by atoms with Gasteiger partial charge < -0.3 is 4.90 Å². The average molecular weight is 193 g/mol. The van der Waals surface area contributed by atoms with Gasteiger partial charge >= 0.3 is 0 Å². The molecule has 1 saturated heterocycles. The predicted octanol–water partition coefficient (Wildman–Crippen LogP) is 1.90. The maximum absolute atomic E-state index is 11.6. The van der Waals surface area contributed by atoms with Crippen LogP contribution in [-0.2, 0) is 4.79 Å². The minimum Gasteiger partial charge on any atom is -0.332 e. The quantitative estimate of drug-likeness (QED) is 0.613. The topological polar surface area (TPSA) is 20.3 Å². The van der Waals surface area contributed by atoms with Gasteiger partial charge in [0.25, 0.3) is 0 Å². The second kappa shape index (κ2) is 5.05. The summed E-state index contributed by atoms with van der Waals surface area (Å²) in [4.78, 5) is 13.4. The molecule has 0 bridgehead atoms. The van der Waals surface area contributed by atoms with Gasteiger partial charge in [0.2, 0.25) is 5.91 Å². The molecule has 1 heterocycles. The molecule has 1 atom stereocenters. The minimum absolute atomic E-state index is 0.228. The predicted molar refractivity (Wildman–Crippen MR) is 57.6 cm³/mol. The molecule has 2 heteroatoms. The van der Waals surface area contributed by atoms with Crippen LogP contribution in [-0.4, -0.2) is 23.9 Å². The van der Waals surface area contributed by atoms with Crippen LogP contribution in [0.4, 0.5) is 0 Å². The summed E-state index contributed by atoms with van der Waals surface area (Å²) in [6.07, 6.45) is 8.02. The summed E-state index contributed by atoms with van der Waals surface area (Å²) in [7, 11) is 0. The Morgan fingerprint density at radius 2 is 2.29 bits per heavy atom. The minimum atomic E-state index is 0.228. The van der Waals surface area contributed by atoms with Crippen molar-refractivity contribution in [1.82, 2.24) is 4.90 Å². The Morgan fingerprint density at radius 1 is 1.57 bits per heavy atom. The first-order valence-corrected chi connectivity index (χ1v) is 5.36. The standard InChI is InChI=1S/C12H19NO/c1-4-8-13-9-7-11(10(2)3)5-6-12(13)14/h1,10-11H,5-9H2,2-3H3. The van der Waals surface area contributed by atoms with Crippen molar-refractivity contribution in [3.05, 3.63) is 0 Å². The lowest BCUT2D eigenvalue weighted by Gasteiger charge is -2.19. The molecule has 0 aromatic rings. The molecule has 1 amide bonds. The van der Waals surface area contributed by atoms with Crippen LogP contribution in [0.3, 0.4) is 0 Å². The van der Waals surface area contributed by atoms with Gasteiger partial charge in [-0.25, -0.2) is 0 Å². The molecule has 0 radical (unpaired) electrons. The fourth-order valence-electron chi connectivity index (χ4n) is 2.00. The van der Waals surface area contributed by atoms with E-state index in [0.717, 1.165) is 19.4 Å². The van der Waals surface area contributed by atoms with Crippen LogP contribution < -0.4 is 0 Å². The zero-order chi connectivity index (χ0) is 10.6. The Bertz CT molecular complexity index is 239. The van der Waals surface area contributed by atoms with Crippen molar-refractivity contribution in [3.8, 4) is 12.3 Å². The van der Waals surface area contributed by atoms with Gasteiger partial charge in [-0.1, -0.05) is 19.8 Å². The maximum Gasteiger partial charge on any atom is 0.223 e. The van der Waals surface area contributed by atoms with Crippen LogP contribution in [0, 0.1) is 24.2 Å². The lowest BCUT2D eigenvalue weighted by molar-refractivity contribution is -0.130. The maximum atomic E-state index is 11.6. The number of hydrogen-bond acceptors (Lipinski definition) is 1. The third-order valence-electron chi connectivity index (χ3n) is 3.08. The molecule has 2 nitrogen and oxygen atoms in total. The van der Waals surface area contributed by atoms with Gasteiger partial charge in [0.1, 0.15) is 0 Å². The fraction of sp³-hybridized carbons (Fsp3) is 0.750. The fourth-order valence-corrected chi connectivity index (χ4v) is 2.00. The van der Waals surface area contributed by atoms with E-state index in [1.54, 1.807) is 0 Å². The lowest BCUT2D eigenvalue weighted by Crippen LogP contribution is -2.30. The van der Waals surface area contributed by atoms with E-state index in [2.05, 4.69) is 19.8 Å². The monoisotopic (exact) mass is 193 g/mol. The van der Waals surface area contributed by atoms with E-state index in [9.17, 15) is 4.79 Å². The molecular weight excluding hydrogens is 174 g/mol. The SMILES string of the molecule is C#CCN1CCC(C(C)C)CCC1=O. The number of rotatable bonds is 2. The van der Waals surface area contributed by atoms with Crippen molar-refractivity contribution in [2.75, 3.05) is 13.1 Å². The Kier molecular flexibility index (Phi) is 4.00. The molecule has 0 aromatic heterocycles. The highest BCUT2D eigenvalue weighted by Gasteiger charge is 2.23. The number of carbonyl (C=O) groups excluding carboxylic acids is 1. The number of carbonyl (C=O) groups is 1. The third kappa shape index (κ3) is 2.77. The first-order chi connectivity index (χ1) is 6.65. The van der Waals surface area contributed by atoms with Crippen LogP contribution in [0.25, 0.3) is 0 Å². The van der Waals surface area contributed by atoms with Gasteiger partial charge in [-0.05, 0) is 24.7 Å². The van der Waals surface area contributed by atoms with Crippen molar-refractivity contribution in [2.45, 2.75) is 33.1 Å². The van der Waals surface area contributed by atoms with Crippen LogP contribution in [0.15, 0.2) is 0 Å². The molecule has 78 valence electrons. The van der Waals surface area contributed by atoms with Gasteiger partial charge in [-0.2, -0.15) is 0 Å². The van der Waals surface area contributed by atoms with E-state index in [0.29, 0.717) is 24.8 Å². The summed E-state index contributed by atoms with van der Waals surface area (Å²) in [6, 6.07) is 0. The van der Waals surface area contributed by atoms with Gasteiger partial charge in [0, 0.05) is 13.0 Å². The van der Waals surface area contributed by atoms with E-state index in [1.807, 2.05) is 4.90 Å². The molecule has 1 unspecified atom stereocenters. The smallest absolute Gasteiger partial charge is 0.223 e. The molecule has 0 aromatic carbocycles. The summed E-state index contributed by atoms with van der Waals surface area (Å²) in [5.41, 5.74) is 0. The highest BCUT2D eigenvalue weighted by Crippen LogP contribution is 2.24. The number of hydrogen-bond donors (Lipinski definition) is 0. The average Bonchev–Trinajstić information content (AvgIpc) is 2.30. The first-order valence-electron chi connectivity index (χ1n) is 5.36. The zero-order valence-corrected chi connectivity index (χ0v) is 9.12. The van der Waals surface area contributed by atoms with Crippen LogP contribution in [0.5, 0.6) is 0 Å². The Balaban J connectivity index is 2.54. The molecule has 14 heavy (non-hydrogen) atoms. The van der Waals surface area contributed by atoms with E-state index in [1.165, 1.54) is 0 Å². The molecule has 0 spiro atoms. The van der Waals surface area contributed by atoms with E-state index in [4.69, 9.17) is 6.42 Å². The highest BCUT2D eigenvalue weighted by atomic mass is 16.2. The number of likely N-dealkylation sites (tertiary alicyclic amines) is 1. The van der Waals surface area contributed by atoms with E-state index >= 15 is 0 Å². The van der Waals surface area contributed by atoms with Crippen molar-refractivity contribution in [2.24, 2.45) is 11.8 Å². The Labute approximate surface area is 86.7 Å². The lowest BCUT2D eigenvalue weighted by atomic mass is 9.89. The van der Waals surface area contributed by atoms with Crippen molar-refractivity contribution < 1.29 is 4.79 Å². The van der Waals surface area contributed by atoms with Gasteiger partial charge in [-0.3, -0.25) is 4.79 Å². The first kappa shape index (κ1) is 11.1. The second-order valence-electron chi connectivity index (χ2n) is 4.35. The number of terminal acetylenes is 1. The second-order valence-corrected chi connectivity index (χ2v) is 4.35. The van der Waals surface area contributed by atoms with Crippen LogP contribution in [0.2, 0.25) is 0 Å². The summed E-state index contributed by atoms with van der Waals surface area (Å²) in [5, 5.41) is 0. The molecule has 1 fully saturated rings. The summed E-state index contributed by atoms with van der Waals surface area (Å²) >= 11 is 0. The van der Waals surface area contributed by atoms with E-state index in [-0.39, 0.29) is 5.91 Å². The summed E-state index contributed by atoms with van der Waals surface area (Å²) in [6.45, 7) is 5.77. The summed E-state index contributed by atoms with van der Waals surface area (Å²) in [5.74, 6) is 4.13. The normalized spacial score (nSPS) is 23.4.